The summed E-state index contributed by atoms with van der Waals surface area (Å²) in [5.74, 6) is -0.539. The first-order valence-electron chi connectivity index (χ1n) is 8.99. The number of furan rings is 1. The van der Waals surface area contributed by atoms with Crippen LogP contribution in [0.25, 0.3) is 11.0 Å². The Morgan fingerprint density at radius 1 is 1.22 bits per heavy atom. The SMILES string of the molecule is Cc1cc(N2CCCC2)c(F)cc1C=NNC(=O)c1cc2ccccc2o1. The second-order valence-electron chi connectivity index (χ2n) is 6.70. The number of carbonyl (C=O) groups is 1. The van der Waals surface area contributed by atoms with E-state index >= 15 is 0 Å². The van der Waals surface area contributed by atoms with E-state index in [9.17, 15) is 9.18 Å². The molecule has 5 nitrogen and oxygen atoms in total. The highest BCUT2D eigenvalue weighted by atomic mass is 19.1. The Hall–Kier alpha value is -3.15. The van der Waals surface area contributed by atoms with Gasteiger partial charge in [0.1, 0.15) is 11.4 Å². The molecular weight excluding hydrogens is 345 g/mol. The van der Waals surface area contributed by atoms with Crippen molar-refractivity contribution in [2.45, 2.75) is 19.8 Å². The molecule has 0 unspecified atom stereocenters. The minimum absolute atomic E-state index is 0.181. The summed E-state index contributed by atoms with van der Waals surface area (Å²) in [6, 6.07) is 12.3. The number of carbonyl (C=O) groups excluding carboxylic acids is 1. The molecular formula is C21H20FN3O2. The number of nitrogens with one attached hydrogen (secondary N) is 1. The molecule has 1 saturated heterocycles. The maximum absolute atomic E-state index is 14.4. The predicted octanol–water partition coefficient (Wildman–Crippen LogP) is 4.24. The number of hydrogen-bond donors (Lipinski definition) is 1. The molecule has 2 heterocycles. The van der Waals surface area contributed by atoms with Crippen molar-refractivity contribution in [1.82, 2.24) is 5.43 Å². The van der Waals surface area contributed by atoms with E-state index in [1.165, 1.54) is 12.3 Å². The highest BCUT2D eigenvalue weighted by Gasteiger charge is 2.17. The molecule has 1 aliphatic heterocycles. The minimum atomic E-state index is -0.450. The average molecular weight is 365 g/mol. The molecule has 0 atom stereocenters. The lowest BCUT2D eigenvalue weighted by molar-refractivity contribution is 0.0929. The molecule has 3 aromatic rings. The summed E-state index contributed by atoms with van der Waals surface area (Å²) in [6.45, 7) is 3.68. The second kappa shape index (κ2) is 7.23. The predicted molar refractivity (Wildman–Crippen MR) is 104 cm³/mol. The summed E-state index contributed by atoms with van der Waals surface area (Å²) in [7, 11) is 0. The van der Waals surface area contributed by atoms with Gasteiger partial charge in [-0.05, 0) is 49.6 Å². The van der Waals surface area contributed by atoms with Crippen molar-refractivity contribution < 1.29 is 13.6 Å². The standard InChI is InChI=1S/C21H20FN3O2/c1-14-10-18(25-8-4-5-9-25)17(22)11-16(14)13-23-24-21(26)20-12-15-6-2-3-7-19(15)27-20/h2-3,6-7,10-13H,4-5,8-9H2,1H3,(H,24,26). The number of para-hydroxylation sites is 1. The van der Waals surface area contributed by atoms with Crippen molar-refractivity contribution in [1.29, 1.82) is 0 Å². The normalized spacial score (nSPS) is 14.4. The minimum Gasteiger partial charge on any atom is -0.451 e. The maximum Gasteiger partial charge on any atom is 0.307 e. The topological polar surface area (TPSA) is 57.8 Å². The summed E-state index contributed by atoms with van der Waals surface area (Å²) in [6.07, 6.45) is 3.64. The Balaban J connectivity index is 1.47. The van der Waals surface area contributed by atoms with Gasteiger partial charge in [0.25, 0.3) is 0 Å². The fraction of sp³-hybridized carbons (Fsp3) is 0.238. The van der Waals surface area contributed by atoms with Crippen molar-refractivity contribution in [3.8, 4) is 0 Å². The Kier molecular flexibility index (Phi) is 4.62. The molecule has 1 aromatic heterocycles. The molecule has 0 aliphatic carbocycles. The summed E-state index contributed by atoms with van der Waals surface area (Å²) >= 11 is 0. The van der Waals surface area contributed by atoms with E-state index in [0.29, 0.717) is 16.8 Å². The van der Waals surface area contributed by atoms with Crippen LogP contribution in [-0.2, 0) is 0 Å². The third-order valence-electron chi connectivity index (χ3n) is 4.80. The molecule has 0 radical (unpaired) electrons. The van der Waals surface area contributed by atoms with Crippen LogP contribution in [0.4, 0.5) is 10.1 Å². The summed E-state index contributed by atoms with van der Waals surface area (Å²) in [5, 5.41) is 4.80. The third-order valence-corrected chi connectivity index (χ3v) is 4.80. The Morgan fingerprint density at radius 3 is 2.78 bits per heavy atom. The molecule has 2 aromatic carbocycles. The highest BCUT2D eigenvalue weighted by molar-refractivity contribution is 5.96. The van der Waals surface area contributed by atoms with E-state index in [1.54, 1.807) is 12.1 Å². The van der Waals surface area contributed by atoms with Gasteiger partial charge >= 0.3 is 5.91 Å². The molecule has 1 N–H and O–H groups in total. The Bertz CT molecular complexity index is 986. The van der Waals surface area contributed by atoms with Crippen molar-refractivity contribution in [3.63, 3.8) is 0 Å². The Labute approximate surface area is 156 Å². The number of fused-ring (bicyclic) bond motifs is 1. The van der Waals surface area contributed by atoms with Gasteiger partial charge < -0.3 is 9.32 Å². The fourth-order valence-electron chi connectivity index (χ4n) is 3.33. The van der Waals surface area contributed by atoms with E-state index in [2.05, 4.69) is 15.4 Å². The van der Waals surface area contributed by atoms with Gasteiger partial charge in [-0.25, -0.2) is 9.82 Å². The molecule has 0 bridgehead atoms. The van der Waals surface area contributed by atoms with Crippen LogP contribution in [0.15, 0.2) is 52.0 Å². The van der Waals surface area contributed by atoms with Gasteiger partial charge in [0, 0.05) is 24.0 Å². The molecule has 138 valence electrons. The van der Waals surface area contributed by atoms with E-state index < -0.39 is 5.91 Å². The van der Waals surface area contributed by atoms with Gasteiger partial charge in [0.15, 0.2) is 5.76 Å². The second-order valence-corrected chi connectivity index (χ2v) is 6.70. The zero-order valence-electron chi connectivity index (χ0n) is 15.0. The van der Waals surface area contributed by atoms with Gasteiger partial charge in [-0.15, -0.1) is 0 Å². The largest absolute Gasteiger partial charge is 0.451 e. The average Bonchev–Trinajstić information content (AvgIpc) is 3.33. The first-order valence-corrected chi connectivity index (χ1v) is 8.99. The van der Waals surface area contributed by atoms with Crippen LogP contribution >= 0.6 is 0 Å². The van der Waals surface area contributed by atoms with Crippen LogP contribution in [0.5, 0.6) is 0 Å². The number of hydrazone groups is 1. The van der Waals surface area contributed by atoms with Crippen molar-refractivity contribution >= 4 is 28.8 Å². The van der Waals surface area contributed by atoms with Gasteiger partial charge in [-0.1, -0.05) is 18.2 Å². The van der Waals surface area contributed by atoms with Gasteiger partial charge in [-0.2, -0.15) is 5.10 Å². The number of amides is 1. The summed E-state index contributed by atoms with van der Waals surface area (Å²) < 4.78 is 19.9. The number of aryl methyl sites for hydroxylation is 1. The molecule has 6 heteroatoms. The van der Waals surface area contributed by atoms with Crippen LogP contribution < -0.4 is 10.3 Å². The number of halogens is 1. The van der Waals surface area contributed by atoms with Crippen LogP contribution in [-0.4, -0.2) is 25.2 Å². The van der Waals surface area contributed by atoms with E-state index in [-0.39, 0.29) is 11.6 Å². The number of hydrogen-bond acceptors (Lipinski definition) is 4. The van der Waals surface area contributed by atoms with Crippen molar-refractivity contribution in [3.05, 3.63) is 65.2 Å². The smallest absolute Gasteiger partial charge is 0.307 e. The van der Waals surface area contributed by atoms with Crippen LogP contribution in [0.2, 0.25) is 0 Å². The van der Waals surface area contributed by atoms with E-state index in [4.69, 9.17) is 4.42 Å². The molecule has 1 aliphatic rings. The number of nitrogens with zero attached hydrogens (tertiary/aromatic N) is 2. The lowest BCUT2D eigenvalue weighted by Crippen LogP contribution is -2.19. The fourth-order valence-corrected chi connectivity index (χ4v) is 3.33. The summed E-state index contributed by atoms with van der Waals surface area (Å²) in [5.41, 5.74) is 5.23. The first-order chi connectivity index (χ1) is 13.1. The lowest BCUT2D eigenvalue weighted by atomic mass is 10.1. The maximum atomic E-state index is 14.4. The molecule has 1 amide bonds. The number of rotatable bonds is 4. The van der Waals surface area contributed by atoms with Crippen molar-refractivity contribution in [2.75, 3.05) is 18.0 Å². The zero-order chi connectivity index (χ0) is 18.8. The third kappa shape index (κ3) is 3.56. The first kappa shape index (κ1) is 17.3. The van der Waals surface area contributed by atoms with Crippen LogP contribution in [0, 0.1) is 12.7 Å². The lowest BCUT2D eigenvalue weighted by Gasteiger charge is -2.19. The van der Waals surface area contributed by atoms with Gasteiger partial charge in [0.05, 0.1) is 11.9 Å². The quantitative estimate of drug-likeness (QED) is 0.556. The molecule has 27 heavy (non-hydrogen) atoms. The summed E-state index contributed by atoms with van der Waals surface area (Å²) in [4.78, 5) is 14.2. The van der Waals surface area contributed by atoms with E-state index in [0.717, 1.165) is 36.9 Å². The van der Waals surface area contributed by atoms with Crippen LogP contribution in [0.3, 0.4) is 0 Å². The van der Waals surface area contributed by atoms with Crippen LogP contribution in [0.1, 0.15) is 34.5 Å². The Morgan fingerprint density at radius 2 is 2.00 bits per heavy atom. The monoisotopic (exact) mass is 365 g/mol. The molecule has 1 fully saturated rings. The molecule has 0 spiro atoms. The number of anilines is 1. The van der Waals surface area contributed by atoms with E-state index in [1.807, 2.05) is 31.2 Å². The van der Waals surface area contributed by atoms with Gasteiger partial charge in [-0.3, -0.25) is 4.79 Å². The van der Waals surface area contributed by atoms with Gasteiger partial charge in [0.2, 0.25) is 0 Å². The molecule has 0 saturated carbocycles. The van der Waals surface area contributed by atoms with Crippen molar-refractivity contribution in [2.24, 2.45) is 5.10 Å². The highest BCUT2D eigenvalue weighted by Crippen LogP contribution is 2.26. The molecule has 4 rings (SSSR count). The zero-order valence-corrected chi connectivity index (χ0v) is 15.0. The number of benzene rings is 2.